The molecule has 1 aliphatic heterocycles. The second-order valence-electron chi connectivity index (χ2n) is 5.89. The maximum atomic E-state index is 5.95. The highest BCUT2D eigenvalue weighted by Crippen LogP contribution is 2.22. The highest BCUT2D eigenvalue weighted by atomic mass is 35.5. The van der Waals surface area contributed by atoms with Crippen LogP contribution in [0.1, 0.15) is 38.1 Å². The molecule has 2 aromatic heterocycles. The maximum Gasteiger partial charge on any atom is 0.160 e. The molecule has 0 aromatic carbocycles. The van der Waals surface area contributed by atoms with Gasteiger partial charge in [0.2, 0.25) is 0 Å². The van der Waals surface area contributed by atoms with Gasteiger partial charge in [-0.3, -0.25) is 0 Å². The number of imidazole rings is 1. The normalized spacial score (nSPS) is 18.2. The molecule has 1 atom stereocenters. The molecule has 3 rings (SSSR count). The lowest BCUT2D eigenvalue weighted by atomic mass is 10.1. The largest absolute Gasteiger partial charge is 0.309 e. The van der Waals surface area contributed by atoms with Crippen molar-refractivity contribution in [1.82, 2.24) is 19.4 Å². The first-order valence-corrected chi connectivity index (χ1v) is 8.43. The molecule has 0 radical (unpaired) electrons. The average molecular weight is 307 g/mol. The Kier molecular flexibility index (Phi) is 4.76. The highest BCUT2D eigenvalue weighted by Gasteiger charge is 2.19. The predicted molar refractivity (Wildman–Crippen MR) is 87.0 cm³/mol. The van der Waals surface area contributed by atoms with Gasteiger partial charge in [-0.15, -0.1) is 11.6 Å². The van der Waals surface area contributed by atoms with Crippen LogP contribution in [0, 0.1) is 0 Å². The maximum absolute atomic E-state index is 5.95. The fourth-order valence-corrected chi connectivity index (χ4v) is 3.47. The molecule has 0 aliphatic carbocycles. The first kappa shape index (κ1) is 14.8. The Morgan fingerprint density at radius 2 is 2.10 bits per heavy atom. The summed E-state index contributed by atoms with van der Waals surface area (Å²) in [7, 11) is 0. The third kappa shape index (κ3) is 3.22. The van der Waals surface area contributed by atoms with Crippen molar-refractivity contribution in [3.8, 4) is 0 Å². The van der Waals surface area contributed by atoms with E-state index >= 15 is 0 Å². The monoisotopic (exact) mass is 306 g/mol. The number of nitrogens with zero attached hydrogens (tertiary/aromatic N) is 4. The van der Waals surface area contributed by atoms with Crippen LogP contribution in [-0.2, 0) is 6.42 Å². The van der Waals surface area contributed by atoms with E-state index in [1.54, 1.807) is 0 Å². The molecule has 0 saturated carbocycles. The molecule has 0 N–H and O–H groups in total. The number of rotatable bonds is 5. The highest BCUT2D eigenvalue weighted by molar-refractivity contribution is 6.17. The summed E-state index contributed by atoms with van der Waals surface area (Å²) in [6, 6.07) is 4.35. The number of hydrogen-bond acceptors (Lipinski definition) is 3. The van der Waals surface area contributed by atoms with Crippen molar-refractivity contribution in [2.45, 2.75) is 38.6 Å². The van der Waals surface area contributed by atoms with Crippen molar-refractivity contribution >= 4 is 22.8 Å². The minimum Gasteiger partial charge on any atom is -0.309 e. The lowest BCUT2D eigenvalue weighted by Gasteiger charge is -2.30. The summed E-state index contributed by atoms with van der Waals surface area (Å²) in [4.78, 5) is 11.8. The minimum absolute atomic E-state index is 0.376. The second-order valence-corrected chi connectivity index (χ2v) is 6.27. The van der Waals surface area contributed by atoms with Gasteiger partial charge >= 0.3 is 0 Å². The molecule has 0 spiro atoms. The number of alkyl halides is 1. The number of piperidine rings is 1. The molecule has 21 heavy (non-hydrogen) atoms. The van der Waals surface area contributed by atoms with E-state index in [1.807, 2.05) is 18.3 Å². The van der Waals surface area contributed by atoms with Crippen LogP contribution in [0.3, 0.4) is 0 Å². The number of aryl methyl sites for hydroxylation is 1. The van der Waals surface area contributed by atoms with Crippen molar-refractivity contribution in [2.24, 2.45) is 0 Å². The van der Waals surface area contributed by atoms with E-state index in [-0.39, 0.29) is 0 Å². The zero-order valence-electron chi connectivity index (χ0n) is 12.6. The summed E-state index contributed by atoms with van der Waals surface area (Å²) >= 11 is 5.95. The van der Waals surface area contributed by atoms with Crippen molar-refractivity contribution in [1.29, 1.82) is 0 Å². The molecule has 0 amide bonds. The standard InChI is InChI=1S/C16H23ClN4/c1-13(12-20-10-3-2-4-11-20)21-15(7-8-17)19-14-6-5-9-18-16(14)21/h5-6,9,13H,2-4,7-8,10-12H2,1H3. The Morgan fingerprint density at radius 3 is 2.86 bits per heavy atom. The summed E-state index contributed by atoms with van der Waals surface area (Å²) in [6.45, 7) is 5.77. The van der Waals surface area contributed by atoms with Crippen LogP contribution in [0.2, 0.25) is 0 Å². The van der Waals surface area contributed by atoms with E-state index in [2.05, 4.69) is 21.4 Å². The van der Waals surface area contributed by atoms with Crippen molar-refractivity contribution < 1.29 is 0 Å². The van der Waals surface area contributed by atoms with Gasteiger partial charge in [0.15, 0.2) is 5.65 Å². The van der Waals surface area contributed by atoms with E-state index in [0.29, 0.717) is 11.9 Å². The van der Waals surface area contributed by atoms with Crippen LogP contribution < -0.4 is 0 Å². The van der Waals surface area contributed by atoms with Gasteiger partial charge in [-0.25, -0.2) is 9.97 Å². The Labute approximate surface area is 131 Å². The van der Waals surface area contributed by atoms with Gasteiger partial charge in [0.1, 0.15) is 11.3 Å². The molecule has 3 heterocycles. The number of pyridine rings is 1. The third-order valence-corrected chi connectivity index (χ3v) is 4.44. The topological polar surface area (TPSA) is 34.0 Å². The fraction of sp³-hybridized carbons (Fsp3) is 0.625. The molecule has 1 saturated heterocycles. The van der Waals surface area contributed by atoms with Crippen LogP contribution in [0.4, 0.5) is 0 Å². The second kappa shape index (κ2) is 6.75. The number of aromatic nitrogens is 3. The molecule has 5 heteroatoms. The summed E-state index contributed by atoms with van der Waals surface area (Å²) < 4.78 is 2.28. The van der Waals surface area contributed by atoms with Gasteiger partial charge < -0.3 is 9.47 Å². The van der Waals surface area contributed by atoms with E-state index in [1.165, 1.54) is 32.4 Å². The lowest BCUT2D eigenvalue weighted by molar-refractivity contribution is 0.202. The number of fused-ring (bicyclic) bond motifs is 1. The zero-order valence-corrected chi connectivity index (χ0v) is 13.4. The van der Waals surface area contributed by atoms with E-state index in [9.17, 15) is 0 Å². The Bertz CT molecular complexity index is 589. The van der Waals surface area contributed by atoms with Crippen LogP contribution in [0.25, 0.3) is 11.2 Å². The summed E-state index contributed by atoms with van der Waals surface area (Å²) in [5.41, 5.74) is 1.96. The minimum atomic E-state index is 0.376. The molecule has 1 aliphatic rings. The molecule has 4 nitrogen and oxygen atoms in total. The number of hydrogen-bond donors (Lipinski definition) is 0. The van der Waals surface area contributed by atoms with Crippen LogP contribution in [-0.4, -0.2) is 44.9 Å². The third-order valence-electron chi connectivity index (χ3n) is 4.25. The first-order valence-electron chi connectivity index (χ1n) is 7.89. The Hall–Kier alpha value is -1.13. The van der Waals surface area contributed by atoms with E-state index in [0.717, 1.165) is 30.0 Å². The van der Waals surface area contributed by atoms with Crippen molar-refractivity contribution in [2.75, 3.05) is 25.5 Å². The number of halogens is 1. The molecule has 114 valence electrons. The molecule has 0 bridgehead atoms. The van der Waals surface area contributed by atoms with E-state index < -0.39 is 0 Å². The van der Waals surface area contributed by atoms with E-state index in [4.69, 9.17) is 16.6 Å². The Morgan fingerprint density at radius 1 is 1.29 bits per heavy atom. The molecular formula is C16H23ClN4. The SMILES string of the molecule is CC(CN1CCCCC1)n1c(CCCl)nc2cccnc21. The van der Waals surface area contributed by atoms with Crippen LogP contribution >= 0.6 is 11.6 Å². The van der Waals surface area contributed by atoms with Crippen molar-refractivity contribution in [3.05, 3.63) is 24.2 Å². The zero-order chi connectivity index (χ0) is 14.7. The molecular weight excluding hydrogens is 284 g/mol. The first-order chi connectivity index (χ1) is 10.3. The van der Waals surface area contributed by atoms with Gasteiger partial charge in [-0.2, -0.15) is 0 Å². The van der Waals surface area contributed by atoms with Gasteiger partial charge in [0, 0.05) is 31.1 Å². The fourth-order valence-electron chi connectivity index (χ4n) is 3.30. The lowest BCUT2D eigenvalue weighted by Crippen LogP contribution is -2.34. The average Bonchev–Trinajstić information content (AvgIpc) is 2.86. The van der Waals surface area contributed by atoms with Crippen LogP contribution in [0.5, 0.6) is 0 Å². The van der Waals surface area contributed by atoms with Gasteiger partial charge in [-0.05, 0) is 45.0 Å². The molecule has 2 aromatic rings. The summed E-state index contributed by atoms with van der Waals surface area (Å²) in [5.74, 6) is 1.66. The summed E-state index contributed by atoms with van der Waals surface area (Å²) in [5, 5.41) is 0. The van der Waals surface area contributed by atoms with Gasteiger partial charge in [-0.1, -0.05) is 6.42 Å². The molecule has 1 fully saturated rings. The van der Waals surface area contributed by atoms with Gasteiger partial charge in [0.25, 0.3) is 0 Å². The predicted octanol–water partition coefficient (Wildman–Crippen LogP) is 3.26. The summed E-state index contributed by atoms with van der Waals surface area (Å²) in [6.07, 6.45) is 6.66. The van der Waals surface area contributed by atoms with Crippen LogP contribution in [0.15, 0.2) is 18.3 Å². The quantitative estimate of drug-likeness (QED) is 0.795. The van der Waals surface area contributed by atoms with Gasteiger partial charge in [0.05, 0.1) is 0 Å². The van der Waals surface area contributed by atoms with Crippen molar-refractivity contribution in [3.63, 3.8) is 0 Å². The smallest absolute Gasteiger partial charge is 0.160 e. The molecule has 1 unspecified atom stereocenters. The Balaban J connectivity index is 1.87. The number of likely N-dealkylation sites (tertiary alicyclic amines) is 1.